The Morgan fingerprint density at radius 2 is 1.14 bits per heavy atom. The number of nitrogens with zero attached hydrogens (tertiary/aromatic N) is 3. The van der Waals surface area contributed by atoms with Gasteiger partial charge in [-0.05, 0) is 67.9 Å². The van der Waals surface area contributed by atoms with Crippen LogP contribution in [0.5, 0.6) is 11.5 Å². The Morgan fingerprint density at radius 3 is 1.94 bits per heavy atom. The van der Waals surface area contributed by atoms with Crippen molar-refractivity contribution in [2.24, 2.45) is 0 Å². The summed E-state index contributed by atoms with van der Waals surface area (Å²) in [6.45, 7) is 0. The van der Waals surface area contributed by atoms with Crippen LogP contribution in [-0.4, -0.2) is 14.5 Å². The zero-order valence-corrected chi connectivity index (χ0v) is 28.3. The van der Waals surface area contributed by atoms with E-state index in [1.807, 2.05) is 60.9 Å². The molecule has 232 valence electrons. The third-order valence-corrected chi connectivity index (χ3v) is 9.31. The quantitative estimate of drug-likeness (QED) is 0.166. The fourth-order valence-corrected chi connectivity index (χ4v) is 7.27. The number of rotatable bonds is 4. The molecule has 0 spiro atoms. The Hall–Kier alpha value is -5.83. The molecule has 0 amide bonds. The largest absolute Gasteiger partial charge is 2.00 e. The summed E-state index contributed by atoms with van der Waals surface area (Å²) in [4.78, 5) is 9.73. The average Bonchev–Trinajstić information content (AvgIpc) is 3.42. The molecular formula is C44H25N3OPt. The third-order valence-electron chi connectivity index (χ3n) is 9.31. The van der Waals surface area contributed by atoms with Gasteiger partial charge in [0.05, 0.1) is 0 Å². The topological polar surface area (TPSA) is 39.9 Å². The molecule has 5 heteroatoms. The van der Waals surface area contributed by atoms with Crippen LogP contribution in [-0.2, 0) is 21.1 Å². The molecular weight excluding hydrogens is 782 g/mol. The molecule has 3 aromatic heterocycles. The van der Waals surface area contributed by atoms with Crippen molar-refractivity contribution in [3.8, 4) is 62.0 Å². The van der Waals surface area contributed by atoms with Crippen molar-refractivity contribution in [2.75, 3.05) is 0 Å². The summed E-state index contributed by atoms with van der Waals surface area (Å²) in [5.74, 6) is 2.03. The molecule has 9 aromatic rings. The number of hydrogen-bond acceptors (Lipinski definition) is 3. The van der Waals surface area contributed by atoms with Crippen LogP contribution >= 0.6 is 0 Å². The Morgan fingerprint density at radius 1 is 0.490 bits per heavy atom. The summed E-state index contributed by atoms with van der Waals surface area (Å²) >= 11 is 0. The first kappa shape index (κ1) is 29.3. The summed E-state index contributed by atoms with van der Waals surface area (Å²) in [5.41, 5.74) is 10.9. The van der Waals surface area contributed by atoms with Gasteiger partial charge >= 0.3 is 21.1 Å². The molecule has 0 bridgehead atoms. The van der Waals surface area contributed by atoms with E-state index in [1.54, 1.807) is 0 Å². The molecule has 4 nitrogen and oxygen atoms in total. The van der Waals surface area contributed by atoms with E-state index in [1.165, 1.54) is 33.2 Å². The number of aromatic nitrogens is 3. The third kappa shape index (κ3) is 4.63. The Balaban J connectivity index is 0.00000325. The molecule has 0 unspecified atom stereocenters. The van der Waals surface area contributed by atoms with Gasteiger partial charge in [0.1, 0.15) is 5.82 Å². The molecule has 0 aliphatic heterocycles. The fourth-order valence-electron chi connectivity index (χ4n) is 7.27. The summed E-state index contributed by atoms with van der Waals surface area (Å²) in [6, 6.07) is 55.2. The SMILES string of the molecule is [Pt+2].[c-]1c(Oc2[c-]c3c(cc2)c2ccccc2n3-c2ccccn2)cccc1-c1ncc2c3c(cccc13)-c1ccccc1-c1ccccc1-2. The Labute approximate surface area is 297 Å². The van der Waals surface area contributed by atoms with Crippen LogP contribution in [0, 0.1) is 12.1 Å². The number of para-hydroxylation sites is 1. The predicted octanol–water partition coefficient (Wildman–Crippen LogP) is 11.1. The normalized spacial score (nSPS) is 11.5. The van der Waals surface area contributed by atoms with Gasteiger partial charge in [0.2, 0.25) is 0 Å². The number of fused-ring (bicyclic) bond motifs is 8. The van der Waals surface area contributed by atoms with Crippen LogP contribution < -0.4 is 4.74 Å². The summed E-state index contributed by atoms with van der Waals surface area (Å²) < 4.78 is 8.60. The molecule has 0 saturated carbocycles. The van der Waals surface area contributed by atoms with E-state index in [0.29, 0.717) is 11.5 Å². The van der Waals surface area contributed by atoms with Gasteiger partial charge in [0.15, 0.2) is 0 Å². The van der Waals surface area contributed by atoms with Crippen LogP contribution in [0.15, 0.2) is 152 Å². The minimum absolute atomic E-state index is 0. The van der Waals surface area contributed by atoms with E-state index >= 15 is 0 Å². The zero-order valence-electron chi connectivity index (χ0n) is 26.0. The maximum atomic E-state index is 6.47. The van der Waals surface area contributed by atoms with Crippen molar-refractivity contribution in [1.29, 1.82) is 0 Å². The van der Waals surface area contributed by atoms with Crippen LogP contribution in [0.3, 0.4) is 0 Å². The summed E-state index contributed by atoms with van der Waals surface area (Å²) in [5, 5.41) is 4.51. The second-order valence-corrected chi connectivity index (χ2v) is 12.0. The minimum Gasteiger partial charge on any atom is -0.503 e. The van der Waals surface area contributed by atoms with Crippen molar-refractivity contribution in [2.45, 2.75) is 0 Å². The average molecular weight is 807 g/mol. The molecule has 0 radical (unpaired) electrons. The molecule has 3 heterocycles. The molecule has 0 fully saturated rings. The van der Waals surface area contributed by atoms with E-state index in [9.17, 15) is 0 Å². The van der Waals surface area contributed by atoms with Crippen molar-refractivity contribution in [1.82, 2.24) is 14.5 Å². The molecule has 49 heavy (non-hydrogen) atoms. The van der Waals surface area contributed by atoms with Gasteiger partial charge in [-0.3, -0.25) is 0 Å². The maximum Gasteiger partial charge on any atom is 2.00 e. The maximum absolute atomic E-state index is 6.47. The Bertz CT molecular complexity index is 2660. The number of pyridine rings is 2. The standard InChI is InChI=1S/C44H25N3O.Pt/c1-3-15-33-31(13-1)32-14-2-4-16-34(32)39-27-46-44(38-19-10-18-37(33)43(38)39)28-11-9-12-29(25-28)48-30-22-23-36-35-17-5-6-20-40(35)47(41(36)26-30)42-21-7-8-24-45-42;/h1-24,27H;/q-2;+2. The summed E-state index contributed by atoms with van der Waals surface area (Å²) in [7, 11) is 0. The molecule has 0 saturated heterocycles. The van der Waals surface area contributed by atoms with Gasteiger partial charge in [-0.25, -0.2) is 4.98 Å². The fraction of sp³-hybridized carbons (Fsp3) is 0. The van der Waals surface area contributed by atoms with Crippen molar-refractivity contribution in [3.63, 3.8) is 0 Å². The van der Waals surface area contributed by atoms with Gasteiger partial charge in [0, 0.05) is 35.0 Å². The van der Waals surface area contributed by atoms with Gasteiger partial charge < -0.3 is 14.3 Å². The molecule has 6 aromatic carbocycles. The second-order valence-electron chi connectivity index (χ2n) is 12.0. The number of benzene rings is 6. The van der Waals surface area contributed by atoms with Gasteiger partial charge in [0.25, 0.3) is 0 Å². The number of ether oxygens (including phenoxy) is 1. The predicted molar refractivity (Wildman–Crippen MR) is 193 cm³/mol. The van der Waals surface area contributed by atoms with Crippen LogP contribution in [0.2, 0.25) is 0 Å². The first-order valence-electron chi connectivity index (χ1n) is 16.0. The van der Waals surface area contributed by atoms with Gasteiger partial charge in [-0.2, -0.15) is 6.07 Å². The van der Waals surface area contributed by atoms with Crippen LogP contribution in [0.1, 0.15) is 0 Å². The second kappa shape index (κ2) is 11.7. The van der Waals surface area contributed by atoms with E-state index in [0.717, 1.165) is 49.8 Å². The monoisotopic (exact) mass is 806 g/mol. The Kier molecular flexibility index (Phi) is 7.00. The van der Waals surface area contributed by atoms with E-state index in [2.05, 4.69) is 113 Å². The zero-order chi connectivity index (χ0) is 31.6. The van der Waals surface area contributed by atoms with Gasteiger partial charge in [-0.15, -0.1) is 41.3 Å². The first-order chi connectivity index (χ1) is 23.8. The molecule has 1 aliphatic rings. The summed E-state index contributed by atoms with van der Waals surface area (Å²) in [6.07, 6.45) is 3.83. The molecule has 0 N–H and O–H groups in total. The van der Waals surface area contributed by atoms with E-state index in [-0.39, 0.29) is 21.1 Å². The van der Waals surface area contributed by atoms with E-state index in [4.69, 9.17) is 9.72 Å². The smallest absolute Gasteiger partial charge is 0.503 e. The van der Waals surface area contributed by atoms with Crippen LogP contribution in [0.25, 0.3) is 83.0 Å². The molecule has 10 rings (SSSR count). The molecule has 1 aliphatic carbocycles. The first-order valence-corrected chi connectivity index (χ1v) is 16.0. The van der Waals surface area contributed by atoms with E-state index < -0.39 is 0 Å². The van der Waals surface area contributed by atoms with Crippen molar-refractivity contribution < 1.29 is 25.8 Å². The number of hydrogen-bond donors (Lipinski definition) is 0. The minimum atomic E-state index is 0. The van der Waals surface area contributed by atoms with Crippen molar-refractivity contribution >= 4 is 32.6 Å². The van der Waals surface area contributed by atoms with Crippen molar-refractivity contribution in [3.05, 3.63) is 164 Å². The van der Waals surface area contributed by atoms with Gasteiger partial charge in [-0.1, -0.05) is 103 Å². The molecule has 0 atom stereocenters. The van der Waals surface area contributed by atoms with Crippen LogP contribution in [0.4, 0.5) is 0 Å².